The van der Waals surface area contributed by atoms with Crippen molar-refractivity contribution in [3.05, 3.63) is 35.9 Å². The number of nitrogens with zero attached hydrogens (tertiary/aromatic N) is 2. The van der Waals surface area contributed by atoms with Crippen LogP contribution in [-0.2, 0) is 4.74 Å². The molecule has 0 aliphatic carbocycles. The van der Waals surface area contributed by atoms with E-state index in [1.807, 2.05) is 18.2 Å². The molecule has 1 aliphatic heterocycles. The van der Waals surface area contributed by atoms with E-state index >= 15 is 0 Å². The van der Waals surface area contributed by atoms with Crippen LogP contribution in [0.15, 0.2) is 35.5 Å². The van der Waals surface area contributed by atoms with Gasteiger partial charge in [-0.1, -0.05) is 35.5 Å². The van der Waals surface area contributed by atoms with Crippen molar-refractivity contribution in [1.82, 2.24) is 4.90 Å². The highest BCUT2D eigenvalue weighted by atomic mass is 16.5. The van der Waals surface area contributed by atoms with E-state index < -0.39 is 0 Å². The van der Waals surface area contributed by atoms with Crippen LogP contribution in [0, 0.1) is 0 Å². The van der Waals surface area contributed by atoms with Crippen LogP contribution < -0.4 is 5.73 Å². The predicted octanol–water partition coefficient (Wildman–Crippen LogP) is 1.97. The number of nitrogens with two attached hydrogens (primary N) is 1. The average Bonchev–Trinajstić information content (AvgIpc) is 2.44. The van der Waals surface area contributed by atoms with Crippen molar-refractivity contribution in [3.63, 3.8) is 0 Å². The Kier molecular flexibility index (Phi) is 4.98. The maximum Gasteiger partial charge on any atom is 0.141 e. The highest BCUT2D eigenvalue weighted by Crippen LogP contribution is 2.27. The maximum atomic E-state index is 8.85. The van der Waals surface area contributed by atoms with Gasteiger partial charge in [0.25, 0.3) is 0 Å². The van der Waals surface area contributed by atoms with Gasteiger partial charge in [-0.15, -0.1) is 0 Å². The van der Waals surface area contributed by atoms with Gasteiger partial charge < -0.3 is 15.7 Å². The molecule has 3 N–H and O–H groups in total. The number of morpholine rings is 1. The van der Waals surface area contributed by atoms with Crippen LogP contribution in [0.4, 0.5) is 0 Å². The predicted molar refractivity (Wildman–Crippen MR) is 78.8 cm³/mol. The molecule has 5 nitrogen and oxygen atoms in total. The van der Waals surface area contributed by atoms with Gasteiger partial charge >= 0.3 is 0 Å². The summed E-state index contributed by atoms with van der Waals surface area (Å²) in [5, 5.41) is 12.0. The zero-order valence-corrected chi connectivity index (χ0v) is 12.1. The third-order valence-corrected chi connectivity index (χ3v) is 3.60. The topological polar surface area (TPSA) is 71.1 Å². The van der Waals surface area contributed by atoms with E-state index in [1.54, 1.807) is 0 Å². The number of hydrogen-bond donors (Lipinski definition) is 2. The lowest BCUT2D eigenvalue weighted by molar-refractivity contribution is -0.0803. The smallest absolute Gasteiger partial charge is 0.141 e. The SMILES string of the molecule is CC1CN(C(CC(N)=NO)c2ccccc2)CC(C)O1. The first-order valence-corrected chi connectivity index (χ1v) is 7.01. The van der Waals surface area contributed by atoms with Gasteiger partial charge in [0.2, 0.25) is 0 Å². The Hall–Kier alpha value is -1.59. The minimum absolute atomic E-state index is 0.112. The van der Waals surface area contributed by atoms with E-state index in [0.29, 0.717) is 6.42 Å². The highest BCUT2D eigenvalue weighted by Gasteiger charge is 2.29. The van der Waals surface area contributed by atoms with Gasteiger partial charge in [0.05, 0.1) is 12.2 Å². The standard InChI is InChI=1S/C15H23N3O2/c1-11-9-18(10-12(2)20-11)14(8-15(16)17-19)13-6-4-3-5-7-13/h3-7,11-12,14,19H,8-10H2,1-2H3,(H2,16,17). The minimum atomic E-state index is 0.112. The molecule has 0 saturated carbocycles. The summed E-state index contributed by atoms with van der Waals surface area (Å²) in [6, 6.07) is 10.3. The number of oxime groups is 1. The van der Waals surface area contributed by atoms with Crippen molar-refractivity contribution in [3.8, 4) is 0 Å². The molecule has 2 rings (SSSR count). The first-order chi connectivity index (χ1) is 9.60. The van der Waals surface area contributed by atoms with E-state index in [0.717, 1.165) is 13.1 Å². The van der Waals surface area contributed by atoms with E-state index in [1.165, 1.54) is 5.56 Å². The van der Waals surface area contributed by atoms with Crippen molar-refractivity contribution in [2.45, 2.75) is 38.5 Å². The fourth-order valence-electron chi connectivity index (χ4n) is 2.84. The first-order valence-electron chi connectivity index (χ1n) is 7.01. The van der Waals surface area contributed by atoms with Crippen LogP contribution in [0.3, 0.4) is 0 Å². The second-order valence-electron chi connectivity index (χ2n) is 5.43. The van der Waals surface area contributed by atoms with E-state index in [2.05, 4.69) is 36.0 Å². The molecule has 1 saturated heterocycles. The van der Waals surface area contributed by atoms with Gasteiger partial charge in [0.15, 0.2) is 0 Å². The molecule has 3 atom stereocenters. The number of amidine groups is 1. The van der Waals surface area contributed by atoms with Gasteiger partial charge in [0, 0.05) is 25.6 Å². The highest BCUT2D eigenvalue weighted by molar-refractivity contribution is 5.80. The molecular weight excluding hydrogens is 254 g/mol. The van der Waals surface area contributed by atoms with Crippen molar-refractivity contribution in [2.75, 3.05) is 13.1 Å². The summed E-state index contributed by atoms with van der Waals surface area (Å²) < 4.78 is 5.78. The number of rotatable bonds is 4. The molecule has 0 bridgehead atoms. The second-order valence-corrected chi connectivity index (χ2v) is 5.43. The normalized spacial score (nSPS) is 26.4. The van der Waals surface area contributed by atoms with Crippen molar-refractivity contribution in [2.24, 2.45) is 10.9 Å². The van der Waals surface area contributed by atoms with Gasteiger partial charge in [-0.3, -0.25) is 4.90 Å². The van der Waals surface area contributed by atoms with E-state index in [-0.39, 0.29) is 24.1 Å². The van der Waals surface area contributed by atoms with Crippen LogP contribution in [0.25, 0.3) is 0 Å². The monoisotopic (exact) mass is 277 g/mol. The lowest BCUT2D eigenvalue weighted by Crippen LogP contribution is -2.47. The molecule has 1 aromatic carbocycles. The third-order valence-electron chi connectivity index (χ3n) is 3.60. The molecule has 20 heavy (non-hydrogen) atoms. The van der Waals surface area contributed by atoms with Gasteiger partial charge in [-0.25, -0.2) is 0 Å². The van der Waals surface area contributed by atoms with Crippen LogP contribution in [0.2, 0.25) is 0 Å². The Bertz CT molecular complexity index is 440. The minimum Gasteiger partial charge on any atom is -0.409 e. The Morgan fingerprint density at radius 3 is 2.50 bits per heavy atom. The van der Waals surface area contributed by atoms with Gasteiger partial charge in [-0.2, -0.15) is 0 Å². The Morgan fingerprint density at radius 1 is 1.35 bits per heavy atom. The molecule has 1 heterocycles. The Morgan fingerprint density at radius 2 is 1.95 bits per heavy atom. The molecule has 1 aromatic rings. The molecule has 110 valence electrons. The molecular formula is C15H23N3O2. The molecule has 0 aromatic heterocycles. The summed E-state index contributed by atoms with van der Waals surface area (Å²) in [4.78, 5) is 2.35. The van der Waals surface area contributed by atoms with Gasteiger partial charge in [0.1, 0.15) is 5.84 Å². The van der Waals surface area contributed by atoms with E-state index in [9.17, 15) is 0 Å². The average molecular weight is 277 g/mol. The van der Waals surface area contributed by atoms with Crippen molar-refractivity contribution < 1.29 is 9.94 Å². The zero-order chi connectivity index (χ0) is 14.5. The summed E-state index contributed by atoms with van der Waals surface area (Å²) in [6.45, 7) is 5.85. The van der Waals surface area contributed by atoms with Crippen LogP contribution in [0.1, 0.15) is 31.9 Å². The summed E-state index contributed by atoms with van der Waals surface area (Å²) in [5.74, 6) is 0.255. The number of hydrogen-bond acceptors (Lipinski definition) is 4. The lowest BCUT2D eigenvalue weighted by Gasteiger charge is -2.40. The summed E-state index contributed by atoms with van der Waals surface area (Å²) in [7, 11) is 0. The quantitative estimate of drug-likeness (QED) is 0.382. The summed E-state index contributed by atoms with van der Waals surface area (Å²) in [6.07, 6.45) is 0.898. The van der Waals surface area contributed by atoms with Crippen molar-refractivity contribution in [1.29, 1.82) is 0 Å². The second kappa shape index (κ2) is 6.72. The Balaban J connectivity index is 2.22. The maximum absolute atomic E-state index is 8.85. The van der Waals surface area contributed by atoms with Crippen molar-refractivity contribution >= 4 is 5.84 Å². The Labute approximate surface area is 120 Å². The molecule has 3 unspecified atom stereocenters. The zero-order valence-electron chi connectivity index (χ0n) is 12.1. The molecule has 5 heteroatoms. The molecule has 0 radical (unpaired) electrons. The first kappa shape index (κ1) is 14.8. The fraction of sp³-hybridized carbons (Fsp3) is 0.533. The summed E-state index contributed by atoms with van der Waals surface area (Å²) >= 11 is 0. The van der Waals surface area contributed by atoms with Crippen LogP contribution in [-0.4, -0.2) is 41.2 Å². The van der Waals surface area contributed by atoms with Crippen LogP contribution in [0.5, 0.6) is 0 Å². The van der Waals surface area contributed by atoms with E-state index in [4.69, 9.17) is 15.7 Å². The molecule has 1 aliphatic rings. The molecule has 0 amide bonds. The molecule has 0 spiro atoms. The largest absolute Gasteiger partial charge is 0.409 e. The number of benzene rings is 1. The number of ether oxygens (including phenoxy) is 1. The van der Waals surface area contributed by atoms with Crippen LogP contribution >= 0.6 is 0 Å². The molecule has 1 fully saturated rings. The third kappa shape index (κ3) is 3.71. The van der Waals surface area contributed by atoms with Gasteiger partial charge in [-0.05, 0) is 19.4 Å². The summed E-state index contributed by atoms with van der Waals surface area (Å²) in [5.41, 5.74) is 6.91. The fourth-order valence-corrected chi connectivity index (χ4v) is 2.84. The lowest BCUT2D eigenvalue weighted by atomic mass is 9.99.